The maximum absolute atomic E-state index is 11.1. The summed E-state index contributed by atoms with van der Waals surface area (Å²) < 4.78 is 4.22. The Hall–Kier alpha value is -1.63. The lowest BCUT2D eigenvalue weighted by atomic mass is 10.4. The van der Waals surface area contributed by atoms with Gasteiger partial charge in [-0.15, -0.1) is 0 Å². The van der Waals surface area contributed by atoms with Crippen LogP contribution in [0.1, 0.15) is 6.42 Å². The topological polar surface area (TPSA) is 95.9 Å². The highest BCUT2D eigenvalue weighted by atomic mass is 16.5. The van der Waals surface area contributed by atoms with Crippen molar-refractivity contribution in [3.8, 4) is 0 Å². The molecular formula is C8H14N2O5. The molecular weight excluding hydrogens is 204 g/mol. The second-order valence-corrected chi connectivity index (χ2v) is 2.92. The molecule has 2 N–H and O–H groups in total. The lowest BCUT2D eigenvalue weighted by Gasteiger charge is -2.13. The Morgan fingerprint density at radius 1 is 1.40 bits per heavy atom. The van der Waals surface area contributed by atoms with Crippen LogP contribution < -0.4 is 5.32 Å². The number of hydrogen-bond acceptors (Lipinski definition) is 5. The minimum absolute atomic E-state index is 0.0532. The van der Waals surface area contributed by atoms with Crippen LogP contribution in [0.5, 0.6) is 0 Å². The summed E-state index contributed by atoms with van der Waals surface area (Å²) in [5.74, 6) is -1.47. The number of alkyl carbamates (subject to hydrolysis) is 1. The zero-order valence-electron chi connectivity index (χ0n) is 8.65. The molecule has 86 valence electrons. The van der Waals surface area contributed by atoms with Crippen LogP contribution in [0, 0.1) is 0 Å². The summed E-state index contributed by atoms with van der Waals surface area (Å²) in [5.41, 5.74) is 0. The van der Waals surface area contributed by atoms with Crippen LogP contribution in [0.25, 0.3) is 0 Å². The molecule has 7 heteroatoms. The monoisotopic (exact) mass is 218 g/mol. The predicted molar refractivity (Wildman–Crippen MR) is 50.3 cm³/mol. The van der Waals surface area contributed by atoms with Crippen molar-refractivity contribution < 1.29 is 24.2 Å². The van der Waals surface area contributed by atoms with Crippen molar-refractivity contribution >= 4 is 18.0 Å². The van der Waals surface area contributed by atoms with Crippen molar-refractivity contribution in [1.82, 2.24) is 10.2 Å². The molecule has 0 bridgehead atoms. The Morgan fingerprint density at radius 3 is 2.47 bits per heavy atom. The van der Waals surface area contributed by atoms with Gasteiger partial charge in [-0.1, -0.05) is 0 Å². The Kier molecular flexibility index (Phi) is 6.03. The number of carbonyl (C=O) groups excluding carboxylic acids is 2. The van der Waals surface area contributed by atoms with E-state index in [1.807, 2.05) is 5.32 Å². The normalized spacial score (nSPS) is 9.80. The van der Waals surface area contributed by atoms with Crippen LogP contribution in [0.2, 0.25) is 0 Å². The standard InChI is InChI=1S/C8H14N2O5/c1-10(4-3-7(12)13)5-6(11)9-8(14)15-2/h3-5H2,1-2H3,(H,12,13)(H,9,11,14). The number of carboxylic acid groups (broad SMARTS) is 1. The van der Waals surface area contributed by atoms with Gasteiger partial charge in [-0.25, -0.2) is 4.79 Å². The Labute approximate surface area is 87.0 Å². The molecule has 7 nitrogen and oxygen atoms in total. The smallest absolute Gasteiger partial charge is 0.413 e. The van der Waals surface area contributed by atoms with Gasteiger partial charge in [0.15, 0.2) is 0 Å². The van der Waals surface area contributed by atoms with Crippen LogP contribution in [0.4, 0.5) is 4.79 Å². The largest absolute Gasteiger partial charge is 0.481 e. The second kappa shape index (κ2) is 6.77. The maximum atomic E-state index is 11.1. The Balaban J connectivity index is 3.76. The van der Waals surface area contributed by atoms with E-state index in [-0.39, 0.29) is 19.5 Å². The van der Waals surface area contributed by atoms with E-state index < -0.39 is 18.0 Å². The number of carboxylic acids is 1. The fourth-order valence-electron chi connectivity index (χ4n) is 0.815. The molecule has 0 aromatic rings. The summed E-state index contributed by atoms with van der Waals surface area (Å²) in [4.78, 5) is 33.4. The number of rotatable bonds is 5. The minimum Gasteiger partial charge on any atom is -0.481 e. The summed E-state index contributed by atoms with van der Waals surface area (Å²) in [7, 11) is 2.73. The van der Waals surface area contributed by atoms with E-state index in [1.54, 1.807) is 7.05 Å². The van der Waals surface area contributed by atoms with Gasteiger partial charge < -0.3 is 9.84 Å². The predicted octanol–water partition coefficient (Wildman–Crippen LogP) is -0.724. The molecule has 0 atom stereocenters. The number of likely N-dealkylation sites (N-methyl/N-ethyl adjacent to an activating group) is 1. The molecule has 0 unspecified atom stereocenters. The molecule has 0 aliphatic heterocycles. The number of amides is 2. The first kappa shape index (κ1) is 13.4. The lowest BCUT2D eigenvalue weighted by Crippen LogP contribution is -2.39. The summed E-state index contributed by atoms with van der Waals surface area (Å²) in [6.45, 7) is 0.187. The highest BCUT2D eigenvalue weighted by Crippen LogP contribution is 1.87. The molecule has 0 aliphatic carbocycles. The second-order valence-electron chi connectivity index (χ2n) is 2.92. The van der Waals surface area contributed by atoms with Crippen LogP contribution in [-0.2, 0) is 14.3 Å². The van der Waals surface area contributed by atoms with Gasteiger partial charge in [0.25, 0.3) is 0 Å². The molecule has 2 amide bonds. The average molecular weight is 218 g/mol. The van der Waals surface area contributed by atoms with Gasteiger partial charge in [0, 0.05) is 6.54 Å². The Bertz CT molecular complexity index is 253. The zero-order valence-corrected chi connectivity index (χ0v) is 8.65. The van der Waals surface area contributed by atoms with E-state index in [4.69, 9.17) is 5.11 Å². The fraction of sp³-hybridized carbons (Fsp3) is 0.625. The number of carbonyl (C=O) groups is 3. The quantitative estimate of drug-likeness (QED) is 0.632. The van der Waals surface area contributed by atoms with Crippen LogP contribution >= 0.6 is 0 Å². The van der Waals surface area contributed by atoms with Gasteiger partial charge >= 0.3 is 12.1 Å². The van der Waals surface area contributed by atoms with Crippen molar-refractivity contribution in [2.75, 3.05) is 27.2 Å². The van der Waals surface area contributed by atoms with Crippen molar-refractivity contribution in [2.45, 2.75) is 6.42 Å². The SMILES string of the molecule is COC(=O)NC(=O)CN(C)CCC(=O)O. The Morgan fingerprint density at radius 2 is 2.00 bits per heavy atom. The first-order chi connectivity index (χ1) is 6.95. The van der Waals surface area contributed by atoms with Crippen molar-refractivity contribution in [1.29, 1.82) is 0 Å². The molecule has 0 rings (SSSR count). The first-order valence-electron chi connectivity index (χ1n) is 4.24. The third-order valence-corrected chi connectivity index (χ3v) is 1.55. The molecule has 15 heavy (non-hydrogen) atoms. The fourth-order valence-corrected chi connectivity index (χ4v) is 0.815. The number of nitrogens with zero attached hydrogens (tertiary/aromatic N) is 1. The molecule has 0 fully saturated rings. The molecule has 0 aromatic carbocycles. The molecule has 0 saturated heterocycles. The average Bonchev–Trinajstić information content (AvgIpc) is 2.14. The molecule has 0 aliphatic rings. The number of imide groups is 1. The van der Waals surface area contributed by atoms with Gasteiger partial charge in [-0.05, 0) is 7.05 Å². The highest BCUT2D eigenvalue weighted by Gasteiger charge is 2.10. The summed E-state index contributed by atoms with van der Waals surface area (Å²) >= 11 is 0. The van der Waals surface area contributed by atoms with Crippen LogP contribution in [0.3, 0.4) is 0 Å². The molecule has 0 aromatic heterocycles. The van der Waals surface area contributed by atoms with Crippen molar-refractivity contribution in [2.24, 2.45) is 0 Å². The van der Waals surface area contributed by atoms with E-state index >= 15 is 0 Å². The van der Waals surface area contributed by atoms with E-state index in [9.17, 15) is 14.4 Å². The number of hydrogen-bond donors (Lipinski definition) is 2. The van der Waals surface area contributed by atoms with E-state index in [0.717, 1.165) is 7.11 Å². The summed E-state index contributed by atoms with van der Waals surface area (Å²) in [6.07, 6.45) is -0.881. The molecule has 0 saturated carbocycles. The summed E-state index contributed by atoms with van der Waals surface area (Å²) in [6, 6.07) is 0. The summed E-state index contributed by atoms with van der Waals surface area (Å²) in [5, 5.41) is 10.3. The van der Waals surface area contributed by atoms with Crippen molar-refractivity contribution in [3.63, 3.8) is 0 Å². The molecule has 0 spiro atoms. The third kappa shape index (κ3) is 7.44. The third-order valence-electron chi connectivity index (χ3n) is 1.55. The van der Waals surface area contributed by atoms with Gasteiger partial charge in [0.05, 0.1) is 20.1 Å². The van der Waals surface area contributed by atoms with Crippen LogP contribution in [-0.4, -0.2) is 55.2 Å². The lowest BCUT2D eigenvalue weighted by molar-refractivity contribution is -0.137. The van der Waals surface area contributed by atoms with Gasteiger partial charge in [0.2, 0.25) is 5.91 Å². The number of nitrogens with one attached hydrogen (secondary N) is 1. The van der Waals surface area contributed by atoms with E-state index in [0.29, 0.717) is 0 Å². The van der Waals surface area contributed by atoms with E-state index in [2.05, 4.69) is 4.74 Å². The molecule has 0 heterocycles. The molecule has 0 radical (unpaired) electrons. The number of methoxy groups -OCH3 is 1. The van der Waals surface area contributed by atoms with Gasteiger partial charge in [0.1, 0.15) is 0 Å². The highest BCUT2D eigenvalue weighted by molar-refractivity contribution is 5.92. The van der Waals surface area contributed by atoms with E-state index in [1.165, 1.54) is 4.90 Å². The first-order valence-corrected chi connectivity index (χ1v) is 4.24. The number of ether oxygens (including phenoxy) is 1. The number of aliphatic carboxylic acids is 1. The van der Waals surface area contributed by atoms with Gasteiger partial charge in [-0.3, -0.25) is 19.8 Å². The van der Waals surface area contributed by atoms with Crippen molar-refractivity contribution in [3.05, 3.63) is 0 Å². The zero-order chi connectivity index (χ0) is 11.8. The maximum Gasteiger partial charge on any atom is 0.413 e. The van der Waals surface area contributed by atoms with Crippen LogP contribution in [0.15, 0.2) is 0 Å². The van der Waals surface area contributed by atoms with Gasteiger partial charge in [-0.2, -0.15) is 0 Å². The minimum atomic E-state index is -0.935.